The van der Waals surface area contributed by atoms with Crippen LogP contribution in [-0.4, -0.2) is 112 Å². The molecular formula is C62H54F12N10O4. The molecule has 2 aliphatic carbocycles. The predicted molar refractivity (Wildman–Crippen MR) is 294 cm³/mol. The molecule has 2 aliphatic heterocycles. The average molecular weight is 1230 g/mol. The molecule has 2 N–H and O–H groups in total. The third-order valence-electron chi connectivity index (χ3n) is 16.7. The summed E-state index contributed by atoms with van der Waals surface area (Å²) in [4.78, 5) is 29.2. The van der Waals surface area contributed by atoms with Gasteiger partial charge in [0.2, 0.25) is 0 Å². The molecule has 26 heteroatoms. The Balaban J connectivity index is 0.000000182. The summed E-state index contributed by atoms with van der Waals surface area (Å²) in [7, 11) is 0. The fraction of sp³-hybridized carbons (Fsp3) is 0.355. The van der Waals surface area contributed by atoms with E-state index in [1.54, 1.807) is 9.80 Å². The Bertz CT molecular complexity index is 3400. The van der Waals surface area contributed by atoms with Crippen molar-refractivity contribution in [2.45, 2.75) is 111 Å². The molecule has 0 amide bonds. The van der Waals surface area contributed by atoms with Crippen LogP contribution in [0.3, 0.4) is 0 Å². The lowest BCUT2D eigenvalue weighted by Gasteiger charge is -2.34. The molecule has 2 fully saturated rings. The number of hydrogen-bond acceptors (Lipinski definition) is 12. The molecule has 0 saturated carbocycles. The van der Waals surface area contributed by atoms with Crippen LogP contribution in [0.4, 0.5) is 64.3 Å². The Hall–Kier alpha value is -8.52. The molecular weight excluding hydrogens is 1180 g/mol. The second kappa shape index (κ2) is 24.2. The number of piperidine rings is 2. The number of benzene rings is 4. The quantitative estimate of drug-likeness (QED) is 0.125. The van der Waals surface area contributed by atoms with Gasteiger partial charge in [-0.1, -0.05) is 121 Å². The van der Waals surface area contributed by atoms with Crippen LogP contribution in [0.15, 0.2) is 146 Å². The second-order valence-electron chi connectivity index (χ2n) is 22.1. The lowest BCUT2D eigenvalue weighted by Crippen LogP contribution is -2.43. The first-order valence-electron chi connectivity index (χ1n) is 28.2. The van der Waals surface area contributed by atoms with Crippen molar-refractivity contribution < 1.29 is 72.5 Å². The van der Waals surface area contributed by atoms with Crippen molar-refractivity contribution in [2.75, 3.05) is 36.0 Å². The summed E-state index contributed by atoms with van der Waals surface area (Å²) in [5.41, 5.74) is 1.02. The number of halogens is 12. The van der Waals surface area contributed by atoms with E-state index in [2.05, 4.69) is 20.4 Å². The zero-order valence-electron chi connectivity index (χ0n) is 46.3. The Kier molecular flexibility index (Phi) is 16.8. The van der Waals surface area contributed by atoms with Gasteiger partial charge in [-0.15, -0.1) is 20.4 Å². The van der Waals surface area contributed by atoms with Crippen LogP contribution in [0.25, 0.3) is 0 Å². The van der Waals surface area contributed by atoms with Gasteiger partial charge in [-0.05, 0) is 72.2 Å². The third kappa shape index (κ3) is 12.4. The minimum atomic E-state index is -4.92. The standard InChI is InChI=1S/2C31H27F6N5O2/c2*32-30(33,34)23-11-12-24(39-38-23)41-15-13-18(14-16-41)27-25-21(17-22(43)29(44)26(25)31(35,36)37)42(40-27)28(19-7-3-1-4-8-19)20-9-5-2-6-10-20/h2*1-12,18,26,28-29,44H,13-17H2/t2*26-,29+/m10/s1. The number of carbonyl (C=O) groups excluding carboxylic acids is 2. The lowest BCUT2D eigenvalue weighted by atomic mass is 9.78. The SMILES string of the molecule is O=C1Cc2c(c(C3CCN(c4ccc(C(F)(F)F)nn4)CC3)nn2C(c2ccccc2)c2ccccc2)[C@@H](C(F)(F)F)[C@H]1O.O=C1Cc2c(c(C3CCN(c4ccc(C(F)(F)F)nn4)CC3)nn2C(c2ccccc2)c2ccccc2)[C@H](C(F)(F)F)[C@@H]1O. The Morgan fingerprint density at radius 3 is 0.955 bits per heavy atom. The normalized spacial score (nSPS) is 19.8. The second-order valence-corrected chi connectivity index (χ2v) is 22.1. The number of aromatic nitrogens is 8. The van der Waals surface area contributed by atoms with Crippen LogP contribution < -0.4 is 9.80 Å². The predicted octanol–water partition coefficient (Wildman–Crippen LogP) is 11.7. The molecule has 14 nitrogen and oxygen atoms in total. The van der Waals surface area contributed by atoms with Crippen molar-refractivity contribution in [3.8, 4) is 0 Å². The van der Waals surface area contributed by atoms with E-state index in [1.807, 2.05) is 121 Å². The van der Waals surface area contributed by atoms with Gasteiger partial charge in [0.1, 0.15) is 36.1 Å². The van der Waals surface area contributed by atoms with Crippen molar-refractivity contribution >= 4 is 23.2 Å². The number of ketones is 2. The largest absolute Gasteiger partial charge is 0.435 e. The van der Waals surface area contributed by atoms with Gasteiger partial charge in [-0.25, -0.2) is 0 Å². The minimum absolute atomic E-state index is 0.117. The highest BCUT2D eigenvalue weighted by Crippen LogP contribution is 2.50. The van der Waals surface area contributed by atoms with Gasteiger partial charge in [0.25, 0.3) is 0 Å². The first-order chi connectivity index (χ1) is 41.9. The number of carbonyl (C=O) groups is 2. The monoisotopic (exact) mass is 1230 g/mol. The van der Waals surface area contributed by atoms with Crippen LogP contribution in [0.5, 0.6) is 0 Å². The molecule has 8 aromatic rings. The van der Waals surface area contributed by atoms with E-state index in [1.165, 1.54) is 21.5 Å². The molecule has 4 aromatic carbocycles. The number of alkyl halides is 12. The molecule has 4 aromatic heterocycles. The summed E-state index contributed by atoms with van der Waals surface area (Å²) in [5.74, 6) is -7.21. The molecule has 12 rings (SSSR count). The molecule has 6 heterocycles. The van der Waals surface area contributed by atoms with Gasteiger partial charge in [0.05, 0.1) is 35.6 Å². The molecule has 4 aliphatic rings. The first kappa shape index (κ1) is 61.1. The van der Waals surface area contributed by atoms with Crippen molar-refractivity contribution in [1.82, 2.24) is 40.0 Å². The van der Waals surface area contributed by atoms with Crippen LogP contribution in [0.2, 0.25) is 0 Å². The molecule has 0 spiro atoms. The summed E-state index contributed by atoms with van der Waals surface area (Å²) in [6.07, 6.45) is -23.1. The smallest absolute Gasteiger partial charge is 0.384 e. The van der Waals surface area contributed by atoms with E-state index in [0.717, 1.165) is 34.4 Å². The fourth-order valence-electron chi connectivity index (χ4n) is 12.5. The number of fused-ring (bicyclic) bond motifs is 2. The summed E-state index contributed by atoms with van der Waals surface area (Å²) >= 11 is 0. The van der Waals surface area contributed by atoms with Crippen LogP contribution >= 0.6 is 0 Å². The summed E-state index contributed by atoms with van der Waals surface area (Å²) in [6, 6.07) is 39.4. The summed E-state index contributed by atoms with van der Waals surface area (Å²) < 4.78 is 168. The van der Waals surface area contributed by atoms with Gasteiger partial charge in [-0.3, -0.25) is 19.0 Å². The number of nitrogens with zero attached hydrogens (tertiary/aromatic N) is 10. The highest BCUT2D eigenvalue weighted by atomic mass is 19.4. The maximum absolute atomic E-state index is 14.6. The van der Waals surface area contributed by atoms with E-state index >= 15 is 0 Å². The van der Waals surface area contributed by atoms with Crippen molar-refractivity contribution in [2.24, 2.45) is 0 Å². The van der Waals surface area contributed by atoms with Gasteiger partial charge >= 0.3 is 24.7 Å². The highest BCUT2D eigenvalue weighted by molar-refractivity contribution is 5.89. The first-order valence-corrected chi connectivity index (χ1v) is 28.2. The Morgan fingerprint density at radius 2 is 0.705 bits per heavy atom. The van der Waals surface area contributed by atoms with Gasteiger partial charge in [-0.2, -0.15) is 62.9 Å². The molecule has 88 heavy (non-hydrogen) atoms. The van der Waals surface area contributed by atoms with E-state index in [-0.39, 0.29) is 71.7 Å². The highest BCUT2D eigenvalue weighted by Gasteiger charge is 2.56. The van der Waals surface area contributed by atoms with Crippen LogP contribution in [0.1, 0.15) is 129 Å². The van der Waals surface area contributed by atoms with Crippen molar-refractivity contribution in [3.05, 3.63) is 213 Å². The number of hydrogen-bond donors (Lipinski definition) is 2. The number of Topliss-reactive ketones (excluding diaryl/α,β-unsaturated/α-hetero) is 2. The summed E-state index contributed by atoms with van der Waals surface area (Å²) in [5, 5.41) is 44.8. The van der Waals surface area contributed by atoms with Crippen molar-refractivity contribution in [1.29, 1.82) is 0 Å². The Morgan fingerprint density at radius 1 is 0.409 bits per heavy atom. The Labute approximate surface area is 494 Å². The molecule has 0 unspecified atom stereocenters. The molecule has 0 radical (unpaired) electrons. The van der Waals surface area contributed by atoms with E-state index < -0.39 is 108 Å². The van der Waals surface area contributed by atoms with Crippen LogP contribution in [-0.2, 0) is 34.8 Å². The minimum Gasteiger partial charge on any atom is -0.384 e. The molecule has 2 saturated heterocycles. The number of rotatable bonds is 10. The lowest BCUT2D eigenvalue weighted by molar-refractivity contribution is -0.179. The van der Waals surface area contributed by atoms with Crippen molar-refractivity contribution in [3.63, 3.8) is 0 Å². The third-order valence-corrected chi connectivity index (χ3v) is 16.7. The summed E-state index contributed by atoms with van der Waals surface area (Å²) in [6.45, 7) is 1.13. The zero-order chi connectivity index (χ0) is 62.5. The maximum Gasteiger partial charge on any atom is 0.435 e. The number of anilines is 2. The van der Waals surface area contributed by atoms with Crippen LogP contribution in [0, 0.1) is 0 Å². The van der Waals surface area contributed by atoms with Gasteiger partial charge in [0.15, 0.2) is 34.6 Å². The number of aliphatic hydroxyl groups excluding tert-OH is 2. The average Bonchev–Trinajstić information content (AvgIpc) is 1.70. The molecule has 4 atom stereocenters. The van der Waals surface area contributed by atoms with Gasteiger partial charge < -0.3 is 20.0 Å². The number of aliphatic hydroxyl groups is 2. The van der Waals surface area contributed by atoms with E-state index in [0.29, 0.717) is 25.7 Å². The maximum atomic E-state index is 14.6. The zero-order valence-corrected chi connectivity index (χ0v) is 46.3. The molecule has 0 bridgehead atoms. The topological polar surface area (TPSA) is 168 Å². The fourth-order valence-corrected chi connectivity index (χ4v) is 12.5. The van der Waals surface area contributed by atoms with E-state index in [4.69, 9.17) is 10.2 Å². The van der Waals surface area contributed by atoms with E-state index in [9.17, 15) is 72.5 Å². The van der Waals surface area contributed by atoms with Gasteiger partial charge in [0, 0.05) is 49.1 Å². The molecule has 460 valence electrons.